The van der Waals surface area contributed by atoms with Gasteiger partial charge in [0.15, 0.2) is 33.0 Å². The van der Waals surface area contributed by atoms with Crippen LogP contribution in [-0.2, 0) is 19.2 Å². The second-order valence-electron chi connectivity index (χ2n) is 12.1. The third-order valence-corrected chi connectivity index (χ3v) is 11.5. The maximum Gasteiger partial charge on any atom is 0.258 e. The van der Waals surface area contributed by atoms with Gasteiger partial charge in [0, 0.05) is 22.6 Å². The number of alkyl halides is 2. The zero-order chi connectivity index (χ0) is 35.5. The number of hydrogen-bond acceptors (Lipinski definition) is 6. The van der Waals surface area contributed by atoms with Gasteiger partial charge in [-0.15, -0.1) is 23.2 Å². The highest BCUT2D eigenvalue weighted by molar-refractivity contribution is 6.58. The number of rotatable bonds is 4. The number of hydrogen-bond donors (Lipinski definition) is 1. The first kappa shape index (κ1) is 33.3. The van der Waals surface area contributed by atoms with Crippen molar-refractivity contribution in [3.63, 3.8) is 0 Å². The van der Waals surface area contributed by atoms with E-state index in [0.29, 0.717) is 5.02 Å². The number of carbonyl (C=O) groups is 4. The number of benzene rings is 3. The van der Waals surface area contributed by atoms with E-state index < -0.39 is 104 Å². The van der Waals surface area contributed by atoms with Crippen LogP contribution in [0.3, 0.4) is 0 Å². The average Bonchev–Trinajstić information content (AvgIpc) is 3.42. The molecule has 4 aliphatic rings. The molecule has 2 heterocycles. The van der Waals surface area contributed by atoms with Crippen molar-refractivity contribution in [2.24, 2.45) is 17.8 Å². The molecule has 4 amide bonds. The normalized spacial score (nSPS) is 29.2. The Kier molecular flexibility index (Phi) is 7.58. The van der Waals surface area contributed by atoms with E-state index in [1.807, 2.05) is 0 Å². The molecule has 6 atom stereocenters. The Morgan fingerprint density at radius 1 is 0.816 bits per heavy atom. The van der Waals surface area contributed by atoms with E-state index in [1.165, 1.54) is 49.6 Å². The molecule has 3 aromatic carbocycles. The van der Waals surface area contributed by atoms with Crippen LogP contribution in [0.2, 0.25) is 5.02 Å². The Bertz CT molecular complexity index is 2040. The van der Waals surface area contributed by atoms with Crippen molar-refractivity contribution in [1.29, 1.82) is 0 Å². The zero-order valence-corrected chi connectivity index (χ0v) is 27.0. The van der Waals surface area contributed by atoms with E-state index in [-0.39, 0.29) is 33.9 Å². The lowest BCUT2D eigenvalue weighted by Crippen LogP contribution is -2.60. The van der Waals surface area contributed by atoms with Crippen LogP contribution in [0.15, 0.2) is 54.1 Å². The number of phenols is 1. The van der Waals surface area contributed by atoms with Crippen LogP contribution in [-0.4, -0.2) is 45.6 Å². The number of allylic oxidation sites excluding steroid dienone is 2. The SMILES string of the molecule is COc1ccc(C2C3=CCC4C(=O)N(c5ccc(Cl)cc5)C(=O)C4C3CC3(Cl)C(=O)N(c4c(F)c(F)c(F)c(F)c4F)C(=O)C23Cl)c(O)c1. The number of halogens is 8. The number of aromatic hydroxyl groups is 1. The van der Waals surface area contributed by atoms with Crippen molar-refractivity contribution in [2.45, 2.75) is 28.5 Å². The van der Waals surface area contributed by atoms with Gasteiger partial charge in [-0.05, 0) is 49.1 Å². The molecule has 1 N–H and O–H groups in total. The van der Waals surface area contributed by atoms with Crippen LogP contribution in [0.4, 0.5) is 33.3 Å². The van der Waals surface area contributed by atoms with Crippen LogP contribution < -0.4 is 14.5 Å². The Morgan fingerprint density at radius 3 is 2.02 bits per heavy atom. The monoisotopic (exact) mass is 740 g/mol. The van der Waals surface area contributed by atoms with Gasteiger partial charge in [-0.1, -0.05) is 29.3 Å². The second kappa shape index (κ2) is 11.2. The van der Waals surface area contributed by atoms with Crippen LogP contribution in [0.5, 0.6) is 11.5 Å². The molecule has 1 saturated carbocycles. The highest BCUT2D eigenvalue weighted by Crippen LogP contribution is 2.67. The first-order chi connectivity index (χ1) is 23.1. The fourth-order valence-electron chi connectivity index (χ4n) is 7.65. The molecule has 3 aromatic rings. The van der Waals surface area contributed by atoms with E-state index in [1.54, 1.807) is 0 Å². The van der Waals surface area contributed by atoms with Gasteiger partial charge in [-0.25, -0.2) is 26.9 Å². The van der Waals surface area contributed by atoms with E-state index in [2.05, 4.69) is 0 Å². The number of phenolic OH excluding ortho intramolecular Hbond substituents is 1. The molecule has 49 heavy (non-hydrogen) atoms. The molecule has 3 fully saturated rings. The van der Waals surface area contributed by atoms with Crippen molar-refractivity contribution < 1.29 is 51.0 Å². The molecule has 6 unspecified atom stereocenters. The highest BCUT2D eigenvalue weighted by atomic mass is 35.5. The van der Waals surface area contributed by atoms with Gasteiger partial charge >= 0.3 is 0 Å². The summed E-state index contributed by atoms with van der Waals surface area (Å²) in [4.78, 5) is 51.5. The molecular formula is C33H20Cl3F5N2O6. The number of methoxy groups -OCH3 is 1. The third kappa shape index (κ3) is 4.27. The third-order valence-electron chi connectivity index (χ3n) is 9.85. The largest absolute Gasteiger partial charge is 0.508 e. The Morgan fingerprint density at radius 2 is 1.43 bits per heavy atom. The van der Waals surface area contributed by atoms with Crippen molar-refractivity contribution in [2.75, 3.05) is 16.9 Å². The van der Waals surface area contributed by atoms with Crippen molar-refractivity contribution >= 4 is 69.8 Å². The summed E-state index contributed by atoms with van der Waals surface area (Å²) < 4.78 is 78.3. The molecule has 0 bridgehead atoms. The molecule has 2 aliphatic heterocycles. The number of nitrogens with zero attached hydrogens (tertiary/aromatic N) is 2. The number of anilines is 2. The topological polar surface area (TPSA) is 104 Å². The summed E-state index contributed by atoms with van der Waals surface area (Å²) in [6, 6.07) is 9.66. The Balaban J connectivity index is 1.44. The number of amides is 4. The minimum absolute atomic E-state index is 0.0652. The molecule has 254 valence electrons. The standard InChI is InChI=1S/C33H20Cl3F5N2O6/c1-49-14-6-7-16(19(44)10-14)21-15-8-9-17-20(29(46)42(28(17)45)13-4-2-12(34)3-5-13)18(15)11-32(35)30(47)43(31(48)33(21,32)36)27-25(40)23(38)22(37)24(39)26(27)41/h2-8,10,17-18,20-21,44H,9,11H2,1H3. The molecular weight excluding hydrogens is 722 g/mol. The molecule has 2 saturated heterocycles. The number of carbonyl (C=O) groups excluding carboxylic acids is 4. The van der Waals surface area contributed by atoms with Crippen molar-refractivity contribution in [3.05, 3.63) is 93.8 Å². The van der Waals surface area contributed by atoms with Gasteiger partial charge in [-0.2, -0.15) is 0 Å². The van der Waals surface area contributed by atoms with Gasteiger partial charge in [0.1, 0.15) is 17.2 Å². The van der Waals surface area contributed by atoms with Gasteiger partial charge in [0.2, 0.25) is 17.6 Å². The molecule has 8 nitrogen and oxygen atoms in total. The van der Waals surface area contributed by atoms with Gasteiger partial charge in [-0.3, -0.25) is 24.1 Å². The number of fused-ring (bicyclic) bond motifs is 4. The van der Waals surface area contributed by atoms with Crippen LogP contribution in [0.25, 0.3) is 0 Å². The van der Waals surface area contributed by atoms with E-state index >= 15 is 8.78 Å². The van der Waals surface area contributed by atoms with Gasteiger partial charge in [0.25, 0.3) is 11.8 Å². The smallest absolute Gasteiger partial charge is 0.258 e. The van der Waals surface area contributed by atoms with Crippen LogP contribution in [0.1, 0.15) is 24.3 Å². The average molecular weight is 742 g/mol. The summed E-state index contributed by atoms with van der Waals surface area (Å²) in [5.74, 6) is -22.3. The minimum atomic E-state index is -2.77. The minimum Gasteiger partial charge on any atom is -0.508 e. The van der Waals surface area contributed by atoms with E-state index in [4.69, 9.17) is 39.5 Å². The Hall–Kier alpha value is -4.20. The predicted octanol–water partition coefficient (Wildman–Crippen LogP) is 6.52. The quantitative estimate of drug-likeness (QED) is 0.0817. The summed E-state index contributed by atoms with van der Waals surface area (Å²) in [5, 5.41) is 11.5. The fraction of sp³-hybridized carbons (Fsp3) is 0.273. The highest BCUT2D eigenvalue weighted by Gasteiger charge is 2.77. The lowest BCUT2D eigenvalue weighted by atomic mass is 9.56. The number of ether oxygens (including phenoxy) is 1. The summed E-state index contributed by atoms with van der Waals surface area (Å²) in [7, 11) is 1.30. The summed E-state index contributed by atoms with van der Waals surface area (Å²) in [6.45, 7) is 0. The lowest BCUT2D eigenvalue weighted by molar-refractivity contribution is -0.125. The first-order valence-electron chi connectivity index (χ1n) is 14.6. The van der Waals surface area contributed by atoms with E-state index in [0.717, 1.165) is 11.0 Å². The van der Waals surface area contributed by atoms with E-state index in [9.17, 15) is 37.5 Å². The van der Waals surface area contributed by atoms with Gasteiger partial charge in [0.05, 0.1) is 24.6 Å². The predicted molar refractivity (Wildman–Crippen MR) is 165 cm³/mol. The maximum absolute atomic E-state index is 15.2. The summed E-state index contributed by atoms with van der Waals surface area (Å²) in [5.41, 5.74) is -1.64. The molecule has 7 rings (SSSR count). The van der Waals surface area contributed by atoms with Gasteiger partial charge < -0.3 is 9.84 Å². The maximum atomic E-state index is 15.2. The molecule has 0 radical (unpaired) electrons. The molecule has 0 spiro atoms. The molecule has 2 aliphatic carbocycles. The van der Waals surface area contributed by atoms with Crippen LogP contribution >= 0.6 is 34.8 Å². The molecule has 0 aromatic heterocycles. The summed E-state index contributed by atoms with van der Waals surface area (Å²) >= 11 is 20.1. The lowest BCUT2D eigenvalue weighted by Gasteiger charge is -2.50. The fourth-order valence-corrected chi connectivity index (χ4v) is 8.70. The van der Waals surface area contributed by atoms with Crippen LogP contribution in [0, 0.1) is 46.8 Å². The first-order valence-corrected chi connectivity index (χ1v) is 15.7. The van der Waals surface area contributed by atoms with Crippen molar-refractivity contribution in [3.8, 4) is 11.5 Å². The summed E-state index contributed by atoms with van der Waals surface area (Å²) in [6.07, 6.45) is 0.781. The van der Waals surface area contributed by atoms with Crippen molar-refractivity contribution in [1.82, 2.24) is 0 Å². The number of imide groups is 2. The molecule has 16 heteroatoms. The zero-order valence-electron chi connectivity index (χ0n) is 24.7. The second-order valence-corrected chi connectivity index (χ2v) is 13.8. The Labute approximate surface area is 288 Å².